The van der Waals surface area contributed by atoms with Crippen LogP contribution in [0.15, 0.2) is 18.2 Å². The van der Waals surface area contributed by atoms with Crippen LogP contribution in [0.1, 0.15) is 30.9 Å². The third-order valence-corrected chi connectivity index (χ3v) is 2.60. The number of carbonyl (C=O) groups excluding carboxylic acids is 1. The first kappa shape index (κ1) is 13.5. The molecule has 1 unspecified atom stereocenters. The smallest absolute Gasteiger partial charge is 0.234 e. The van der Waals surface area contributed by atoms with Gasteiger partial charge < -0.3 is 4.74 Å². The Hall–Kier alpha value is -1.55. The average Bonchev–Trinajstić information content (AvgIpc) is 2.29. The van der Waals surface area contributed by atoms with E-state index >= 15 is 0 Å². The number of ether oxygens (including phenoxy) is 1. The van der Waals surface area contributed by atoms with Crippen molar-refractivity contribution in [2.24, 2.45) is 5.84 Å². The lowest BCUT2D eigenvalue weighted by atomic mass is 10.1. The van der Waals surface area contributed by atoms with Crippen molar-refractivity contribution < 1.29 is 9.53 Å². The minimum absolute atomic E-state index is 0.00583. The molecule has 1 aromatic carbocycles. The zero-order valence-corrected chi connectivity index (χ0v) is 10.6. The van der Waals surface area contributed by atoms with E-state index in [0.717, 1.165) is 11.3 Å². The van der Waals surface area contributed by atoms with Crippen molar-refractivity contribution in [2.45, 2.75) is 39.7 Å². The van der Waals surface area contributed by atoms with Gasteiger partial charge in [0, 0.05) is 6.42 Å². The zero-order chi connectivity index (χ0) is 12.8. The quantitative estimate of drug-likeness (QED) is 0.466. The van der Waals surface area contributed by atoms with Gasteiger partial charge in [-0.1, -0.05) is 17.7 Å². The highest BCUT2D eigenvalue weighted by Gasteiger charge is 2.08. The zero-order valence-electron chi connectivity index (χ0n) is 10.6. The van der Waals surface area contributed by atoms with Gasteiger partial charge >= 0.3 is 0 Å². The number of hydrogen-bond donors (Lipinski definition) is 2. The van der Waals surface area contributed by atoms with Gasteiger partial charge in [0.1, 0.15) is 5.75 Å². The Bertz CT molecular complexity index is 391. The predicted molar refractivity (Wildman–Crippen MR) is 67.6 cm³/mol. The van der Waals surface area contributed by atoms with Gasteiger partial charge in [0.25, 0.3) is 0 Å². The highest BCUT2D eigenvalue weighted by Crippen LogP contribution is 2.20. The topological polar surface area (TPSA) is 64.3 Å². The molecule has 1 rings (SSSR count). The molecule has 1 amide bonds. The molecule has 4 nitrogen and oxygen atoms in total. The number of nitrogens with two attached hydrogens (primary N) is 1. The first-order valence-electron chi connectivity index (χ1n) is 5.76. The number of benzene rings is 1. The van der Waals surface area contributed by atoms with Crippen LogP contribution in [0.5, 0.6) is 5.75 Å². The SMILES string of the molecule is Cc1ccc(OC(C)CCC(=O)NN)c(C)c1. The van der Waals surface area contributed by atoms with E-state index in [4.69, 9.17) is 10.6 Å². The van der Waals surface area contributed by atoms with Crippen molar-refractivity contribution in [1.29, 1.82) is 0 Å². The van der Waals surface area contributed by atoms with E-state index in [0.29, 0.717) is 12.8 Å². The predicted octanol–water partition coefficient (Wildman–Crippen LogP) is 1.84. The minimum atomic E-state index is -0.166. The van der Waals surface area contributed by atoms with Crippen LogP contribution in [0.4, 0.5) is 0 Å². The summed E-state index contributed by atoms with van der Waals surface area (Å²) < 4.78 is 5.77. The first-order valence-corrected chi connectivity index (χ1v) is 5.76. The molecule has 94 valence electrons. The molecule has 0 heterocycles. The third-order valence-electron chi connectivity index (χ3n) is 2.60. The van der Waals surface area contributed by atoms with Crippen LogP contribution in [-0.4, -0.2) is 12.0 Å². The molecule has 0 aromatic heterocycles. The highest BCUT2D eigenvalue weighted by atomic mass is 16.5. The molecule has 0 radical (unpaired) electrons. The van der Waals surface area contributed by atoms with E-state index in [9.17, 15) is 4.79 Å². The first-order chi connectivity index (χ1) is 8.02. The summed E-state index contributed by atoms with van der Waals surface area (Å²) in [5, 5.41) is 0. The summed E-state index contributed by atoms with van der Waals surface area (Å²) in [7, 11) is 0. The fraction of sp³-hybridized carbons (Fsp3) is 0.462. The normalized spacial score (nSPS) is 12.0. The van der Waals surface area contributed by atoms with Crippen molar-refractivity contribution >= 4 is 5.91 Å². The lowest BCUT2D eigenvalue weighted by Gasteiger charge is -2.16. The molecule has 0 saturated carbocycles. The van der Waals surface area contributed by atoms with Crippen LogP contribution >= 0.6 is 0 Å². The monoisotopic (exact) mass is 236 g/mol. The number of nitrogens with one attached hydrogen (secondary N) is 1. The van der Waals surface area contributed by atoms with Crippen LogP contribution in [0.3, 0.4) is 0 Å². The van der Waals surface area contributed by atoms with Gasteiger partial charge in [-0.25, -0.2) is 5.84 Å². The summed E-state index contributed by atoms with van der Waals surface area (Å²) in [4.78, 5) is 11.0. The van der Waals surface area contributed by atoms with Crippen molar-refractivity contribution in [1.82, 2.24) is 5.43 Å². The Morgan fingerprint density at radius 2 is 2.18 bits per heavy atom. The molecular formula is C13H20N2O2. The number of aryl methyl sites for hydroxylation is 2. The molecule has 3 N–H and O–H groups in total. The van der Waals surface area contributed by atoms with E-state index < -0.39 is 0 Å². The standard InChI is InChI=1S/C13H20N2O2/c1-9-4-6-12(10(2)8-9)17-11(3)5-7-13(16)15-14/h4,6,8,11H,5,7,14H2,1-3H3,(H,15,16). The number of hydrogen-bond acceptors (Lipinski definition) is 3. The van der Waals surface area contributed by atoms with Gasteiger partial charge in [-0.3, -0.25) is 10.2 Å². The summed E-state index contributed by atoms with van der Waals surface area (Å²) in [6.45, 7) is 6.01. The third kappa shape index (κ3) is 4.44. The molecule has 0 spiro atoms. The molecule has 0 bridgehead atoms. The van der Waals surface area contributed by atoms with Crippen LogP contribution in [0, 0.1) is 13.8 Å². The highest BCUT2D eigenvalue weighted by molar-refractivity contribution is 5.75. The van der Waals surface area contributed by atoms with E-state index in [1.807, 2.05) is 32.9 Å². The van der Waals surface area contributed by atoms with E-state index in [1.54, 1.807) is 0 Å². The van der Waals surface area contributed by atoms with Crippen LogP contribution < -0.4 is 16.0 Å². The second-order valence-electron chi connectivity index (χ2n) is 4.30. The molecule has 0 aliphatic heterocycles. The fourth-order valence-electron chi connectivity index (χ4n) is 1.61. The molecule has 0 fully saturated rings. The van der Waals surface area contributed by atoms with Crippen LogP contribution in [-0.2, 0) is 4.79 Å². The van der Waals surface area contributed by atoms with Gasteiger partial charge in [-0.05, 0) is 38.8 Å². The van der Waals surface area contributed by atoms with Gasteiger partial charge in [0.05, 0.1) is 6.10 Å². The Kier molecular flexibility index (Phi) is 4.97. The maximum Gasteiger partial charge on any atom is 0.234 e. The summed E-state index contributed by atoms with van der Waals surface area (Å²) in [6, 6.07) is 6.06. The van der Waals surface area contributed by atoms with E-state index in [1.165, 1.54) is 5.56 Å². The second-order valence-corrected chi connectivity index (χ2v) is 4.30. The van der Waals surface area contributed by atoms with Crippen molar-refractivity contribution in [3.8, 4) is 5.75 Å². The van der Waals surface area contributed by atoms with Crippen molar-refractivity contribution in [2.75, 3.05) is 0 Å². The minimum Gasteiger partial charge on any atom is -0.490 e. The Balaban J connectivity index is 2.50. The maximum atomic E-state index is 11.0. The van der Waals surface area contributed by atoms with Crippen LogP contribution in [0.25, 0.3) is 0 Å². The summed E-state index contributed by atoms with van der Waals surface area (Å²) >= 11 is 0. The Morgan fingerprint density at radius 3 is 2.76 bits per heavy atom. The number of hydrazine groups is 1. The van der Waals surface area contributed by atoms with Crippen molar-refractivity contribution in [3.63, 3.8) is 0 Å². The molecule has 4 heteroatoms. The maximum absolute atomic E-state index is 11.0. The Morgan fingerprint density at radius 1 is 1.47 bits per heavy atom. The lowest BCUT2D eigenvalue weighted by Crippen LogP contribution is -2.30. The molecule has 0 aliphatic rings. The average molecular weight is 236 g/mol. The summed E-state index contributed by atoms with van der Waals surface area (Å²) in [5.41, 5.74) is 4.43. The van der Waals surface area contributed by atoms with Gasteiger partial charge in [0.2, 0.25) is 5.91 Å². The number of amides is 1. The molecule has 1 aromatic rings. The molecule has 0 saturated heterocycles. The number of carbonyl (C=O) groups is 1. The summed E-state index contributed by atoms with van der Waals surface area (Å²) in [6.07, 6.45) is 1.02. The number of rotatable bonds is 5. The van der Waals surface area contributed by atoms with Gasteiger partial charge in [-0.2, -0.15) is 0 Å². The molecular weight excluding hydrogens is 216 g/mol. The van der Waals surface area contributed by atoms with Gasteiger partial charge in [-0.15, -0.1) is 0 Å². The fourth-order valence-corrected chi connectivity index (χ4v) is 1.61. The van der Waals surface area contributed by atoms with Gasteiger partial charge in [0.15, 0.2) is 0 Å². The van der Waals surface area contributed by atoms with Crippen molar-refractivity contribution in [3.05, 3.63) is 29.3 Å². The van der Waals surface area contributed by atoms with E-state index in [2.05, 4.69) is 11.5 Å². The summed E-state index contributed by atoms with van der Waals surface area (Å²) in [5.74, 6) is 5.72. The van der Waals surface area contributed by atoms with E-state index in [-0.39, 0.29) is 12.0 Å². The van der Waals surface area contributed by atoms with Crippen LogP contribution in [0.2, 0.25) is 0 Å². The Labute approximate surface area is 102 Å². The largest absolute Gasteiger partial charge is 0.490 e. The molecule has 1 atom stereocenters. The molecule has 0 aliphatic carbocycles. The lowest BCUT2D eigenvalue weighted by molar-refractivity contribution is -0.121. The second kappa shape index (κ2) is 6.25. The molecule has 17 heavy (non-hydrogen) atoms.